The molecule has 2 fully saturated rings. The van der Waals surface area contributed by atoms with Gasteiger partial charge in [0, 0.05) is 56.5 Å². The summed E-state index contributed by atoms with van der Waals surface area (Å²) in [5.74, 6) is 1.66. The Morgan fingerprint density at radius 2 is 1.81 bits per heavy atom. The smallest absolute Gasteiger partial charge is 0.255 e. The van der Waals surface area contributed by atoms with Crippen LogP contribution in [0.3, 0.4) is 0 Å². The molecular weight excluding hydrogens is 617 g/mol. The van der Waals surface area contributed by atoms with E-state index in [1.54, 1.807) is 18.2 Å². The van der Waals surface area contributed by atoms with E-state index in [4.69, 9.17) is 26.3 Å². The number of nitrogens with one attached hydrogen (secondary N) is 3. The monoisotopic (exact) mass is 649 g/mol. The SMILES string of the molecule is O=C(Nc1ccc2n[nH]c(C3CC3)c2c1)c1ccc2nc(CN3CCC(c4cccc(OCc5ccc(Cl)cc5F)n4)CC3)[nH]c2c1. The van der Waals surface area contributed by atoms with Crippen LogP contribution in [-0.2, 0) is 13.2 Å². The lowest BCUT2D eigenvalue weighted by Crippen LogP contribution is -2.33. The van der Waals surface area contributed by atoms with Gasteiger partial charge in [-0.1, -0.05) is 23.7 Å². The van der Waals surface area contributed by atoms with E-state index in [-0.39, 0.29) is 12.5 Å². The predicted octanol–water partition coefficient (Wildman–Crippen LogP) is 7.72. The first kappa shape index (κ1) is 29.6. The first-order valence-electron chi connectivity index (χ1n) is 16.0. The van der Waals surface area contributed by atoms with E-state index in [9.17, 15) is 9.18 Å². The summed E-state index contributed by atoms with van der Waals surface area (Å²) >= 11 is 5.86. The Morgan fingerprint density at radius 3 is 2.64 bits per heavy atom. The molecule has 0 bridgehead atoms. The lowest BCUT2D eigenvalue weighted by molar-refractivity contribution is 0.102. The number of amides is 1. The van der Waals surface area contributed by atoms with E-state index >= 15 is 0 Å². The summed E-state index contributed by atoms with van der Waals surface area (Å²) in [4.78, 5) is 28.5. The van der Waals surface area contributed by atoms with Gasteiger partial charge in [0.05, 0.1) is 23.1 Å². The van der Waals surface area contributed by atoms with Crippen molar-refractivity contribution < 1.29 is 13.9 Å². The van der Waals surface area contributed by atoms with E-state index in [2.05, 4.69) is 25.4 Å². The molecule has 11 heteroatoms. The summed E-state index contributed by atoms with van der Waals surface area (Å²) < 4.78 is 20.0. The number of likely N-dealkylation sites (tertiary alicyclic amines) is 1. The zero-order chi connectivity index (χ0) is 31.9. The van der Waals surface area contributed by atoms with Gasteiger partial charge in [0.2, 0.25) is 5.88 Å². The van der Waals surface area contributed by atoms with Gasteiger partial charge in [-0.25, -0.2) is 14.4 Å². The average molecular weight is 650 g/mol. The number of hydrogen-bond donors (Lipinski definition) is 3. The Balaban J connectivity index is 0.869. The molecule has 47 heavy (non-hydrogen) atoms. The summed E-state index contributed by atoms with van der Waals surface area (Å²) in [6.45, 7) is 2.59. The number of carbonyl (C=O) groups is 1. The van der Waals surface area contributed by atoms with Crippen LogP contribution in [0.5, 0.6) is 5.88 Å². The van der Waals surface area contributed by atoms with Crippen LogP contribution in [0.2, 0.25) is 5.02 Å². The van der Waals surface area contributed by atoms with Crippen molar-refractivity contribution in [2.24, 2.45) is 0 Å². The first-order chi connectivity index (χ1) is 22.9. The molecule has 1 aliphatic carbocycles. The molecule has 0 spiro atoms. The van der Waals surface area contributed by atoms with Gasteiger partial charge in [0.25, 0.3) is 5.91 Å². The zero-order valence-electron chi connectivity index (χ0n) is 25.6. The highest BCUT2D eigenvalue weighted by Crippen LogP contribution is 2.42. The largest absolute Gasteiger partial charge is 0.473 e. The maximum absolute atomic E-state index is 14.1. The number of hydrogen-bond acceptors (Lipinski definition) is 6. The number of aromatic amines is 2. The normalized spacial score (nSPS) is 15.8. The molecule has 238 valence electrons. The number of imidazole rings is 1. The van der Waals surface area contributed by atoms with Crippen LogP contribution in [0.4, 0.5) is 10.1 Å². The Kier molecular flexibility index (Phi) is 7.82. The number of anilines is 1. The van der Waals surface area contributed by atoms with E-state index < -0.39 is 5.82 Å². The number of piperidine rings is 1. The third kappa shape index (κ3) is 6.43. The quantitative estimate of drug-likeness (QED) is 0.148. The van der Waals surface area contributed by atoms with E-state index in [1.807, 2.05) is 48.5 Å². The molecule has 0 radical (unpaired) electrons. The Bertz CT molecular complexity index is 2100. The Labute approximate surface area is 275 Å². The predicted molar refractivity (Wildman–Crippen MR) is 179 cm³/mol. The molecular formula is C36H33ClFN7O2. The third-order valence-electron chi connectivity index (χ3n) is 9.14. The average Bonchev–Trinajstić information content (AvgIpc) is 3.71. The third-order valence-corrected chi connectivity index (χ3v) is 9.37. The Hall–Kier alpha value is -4.80. The minimum Gasteiger partial charge on any atom is -0.473 e. The standard InChI is InChI=1S/C36H33ClFN7O2/c37-25-8-6-24(28(38)17-25)20-47-34-3-1-2-29(42-34)21-12-14-45(15-13-21)19-33-40-31-10-7-23(16-32(31)41-33)36(46)39-26-9-11-30-27(18-26)35(44-43-30)22-4-5-22/h1-3,6-11,16-18,21-22H,4-5,12-15,19-20H2,(H,39,46)(H,40,41)(H,43,44). The fourth-order valence-electron chi connectivity index (χ4n) is 6.40. The number of halogens is 2. The van der Waals surface area contributed by atoms with E-state index in [1.165, 1.54) is 18.9 Å². The maximum atomic E-state index is 14.1. The van der Waals surface area contributed by atoms with Crippen molar-refractivity contribution in [3.8, 4) is 5.88 Å². The van der Waals surface area contributed by atoms with Crippen molar-refractivity contribution in [2.75, 3.05) is 18.4 Å². The highest BCUT2D eigenvalue weighted by Gasteiger charge is 2.27. The molecule has 8 rings (SSSR count). The first-order valence-corrected chi connectivity index (χ1v) is 16.4. The highest BCUT2D eigenvalue weighted by molar-refractivity contribution is 6.30. The molecule has 1 amide bonds. The molecule has 1 saturated heterocycles. The topological polar surface area (TPSA) is 112 Å². The van der Waals surface area contributed by atoms with Gasteiger partial charge in [-0.3, -0.25) is 14.8 Å². The highest BCUT2D eigenvalue weighted by atomic mass is 35.5. The van der Waals surface area contributed by atoms with Gasteiger partial charge in [-0.2, -0.15) is 5.10 Å². The number of nitrogens with zero attached hydrogens (tertiary/aromatic N) is 4. The number of ether oxygens (including phenoxy) is 1. The van der Waals surface area contributed by atoms with Crippen molar-refractivity contribution >= 4 is 45.1 Å². The molecule has 3 aromatic heterocycles. The molecule has 3 aromatic carbocycles. The molecule has 0 unspecified atom stereocenters. The second kappa shape index (κ2) is 12.4. The maximum Gasteiger partial charge on any atom is 0.255 e. The van der Waals surface area contributed by atoms with Crippen LogP contribution < -0.4 is 10.1 Å². The second-order valence-corrected chi connectivity index (χ2v) is 12.9. The number of fused-ring (bicyclic) bond motifs is 2. The summed E-state index contributed by atoms with van der Waals surface area (Å²) in [6.07, 6.45) is 4.27. The number of aromatic nitrogens is 5. The van der Waals surface area contributed by atoms with Crippen molar-refractivity contribution in [3.05, 3.63) is 112 Å². The van der Waals surface area contributed by atoms with E-state index in [0.717, 1.165) is 70.8 Å². The molecule has 1 saturated carbocycles. The van der Waals surface area contributed by atoms with Crippen LogP contribution in [0.15, 0.2) is 72.8 Å². The van der Waals surface area contributed by atoms with Crippen LogP contribution in [-0.4, -0.2) is 49.0 Å². The van der Waals surface area contributed by atoms with Gasteiger partial charge < -0.3 is 15.0 Å². The van der Waals surface area contributed by atoms with Crippen LogP contribution >= 0.6 is 11.6 Å². The Morgan fingerprint density at radius 1 is 0.957 bits per heavy atom. The fourth-order valence-corrected chi connectivity index (χ4v) is 6.56. The molecule has 4 heterocycles. The molecule has 2 aliphatic rings. The van der Waals surface area contributed by atoms with Gasteiger partial charge in [0.1, 0.15) is 18.2 Å². The summed E-state index contributed by atoms with van der Waals surface area (Å²) in [5.41, 5.74) is 6.49. The van der Waals surface area contributed by atoms with Crippen LogP contribution in [0, 0.1) is 5.82 Å². The number of H-pyrrole nitrogens is 2. The number of benzene rings is 3. The fraction of sp³-hybridized carbons (Fsp3) is 0.278. The van der Waals surface area contributed by atoms with Crippen molar-refractivity contribution in [1.29, 1.82) is 0 Å². The van der Waals surface area contributed by atoms with Crippen LogP contribution in [0.25, 0.3) is 21.9 Å². The van der Waals surface area contributed by atoms with Gasteiger partial charge in [-0.15, -0.1) is 0 Å². The number of rotatable bonds is 9. The lowest BCUT2D eigenvalue weighted by atomic mass is 9.93. The van der Waals surface area contributed by atoms with Crippen molar-refractivity contribution in [1.82, 2.24) is 30.0 Å². The second-order valence-electron chi connectivity index (χ2n) is 12.5. The van der Waals surface area contributed by atoms with Gasteiger partial charge in [-0.05, 0) is 93.4 Å². The van der Waals surface area contributed by atoms with Crippen molar-refractivity contribution in [3.63, 3.8) is 0 Å². The van der Waals surface area contributed by atoms with Crippen molar-refractivity contribution in [2.45, 2.75) is 50.7 Å². The lowest BCUT2D eigenvalue weighted by Gasteiger charge is -2.31. The summed E-state index contributed by atoms with van der Waals surface area (Å²) in [7, 11) is 0. The molecule has 1 aliphatic heterocycles. The minimum atomic E-state index is -0.391. The van der Waals surface area contributed by atoms with Gasteiger partial charge in [0.15, 0.2) is 0 Å². The minimum absolute atomic E-state index is 0.0882. The molecule has 0 atom stereocenters. The number of carbonyl (C=O) groups excluding carboxylic acids is 1. The zero-order valence-corrected chi connectivity index (χ0v) is 26.4. The summed E-state index contributed by atoms with van der Waals surface area (Å²) in [6, 6.07) is 21.7. The summed E-state index contributed by atoms with van der Waals surface area (Å²) in [5, 5.41) is 12.0. The molecule has 3 N–H and O–H groups in total. The number of pyridine rings is 1. The van der Waals surface area contributed by atoms with Crippen LogP contribution in [0.1, 0.15) is 70.7 Å². The molecule has 9 nitrogen and oxygen atoms in total. The van der Waals surface area contributed by atoms with Gasteiger partial charge >= 0.3 is 0 Å². The van der Waals surface area contributed by atoms with E-state index in [0.29, 0.717) is 40.4 Å². The molecule has 6 aromatic rings.